The van der Waals surface area contributed by atoms with Crippen LogP contribution in [0.25, 0.3) is 0 Å². The number of hydrogen-bond acceptors (Lipinski definition) is 4. The zero-order valence-electron chi connectivity index (χ0n) is 13.1. The molecule has 0 radical (unpaired) electrons. The van der Waals surface area contributed by atoms with Crippen LogP contribution >= 0.6 is 0 Å². The molecule has 1 fully saturated rings. The maximum absolute atomic E-state index is 12.2. The zero-order chi connectivity index (χ0) is 15.5. The molecule has 4 nitrogen and oxygen atoms in total. The molecule has 2 aliphatic carbocycles. The number of fused-ring (bicyclic) bond motifs is 1. The third-order valence-electron chi connectivity index (χ3n) is 5.72. The summed E-state index contributed by atoms with van der Waals surface area (Å²) in [4.78, 5) is 14.6. The van der Waals surface area contributed by atoms with Crippen LogP contribution in [0, 0.1) is 0 Å². The molecule has 0 spiro atoms. The fourth-order valence-electron chi connectivity index (χ4n) is 4.69. The first-order valence-corrected chi connectivity index (χ1v) is 7.88. The lowest BCUT2D eigenvalue weighted by Crippen LogP contribution is -2.55. The summed E-state index contributed by atoms with van der Waals surface area (Å²) < 4.78 is 5.31. The van der Waals surface area contributed by atoms with Crippen molar-refractivity contribution >= 4 is 5.78 Å². The average Bonchev–Trinajstić information content (AvgIpc) is 2.50. The number of phenols is 1. The van der Waals surface area contributed by atoms with Crippen molar-refractivity contribution in [3.63, 3.8) is 0 Å². The second kappa shape index (κ2) is 4.59. The number of ketones is 1. The molecule has 22 heavy (non-hydrogen) atoms. The molecule has 1 aromatic carbocycles. The van der Waals surface area contributed by atoms with Crippen LogP contribution in [0.3, 0.4) is 0 Å². The molecular weight excluding hydrogens is 278 g/mol. The molecule has 0 saturated carbocycles. The normalized spacial score (nSPS) is 30.4. The predicted octanol–water partition coefficient (Wildman–Crippen LogP) is 2.19. The molecular formula is C18H21NO3. The highest BCUT2D eigenvalue weighted by Crippen LogP contribution is 2.56. The van der Waals surface area contributed by atoms with Crippen LogP contribution in [0.2, 0.25) is 0 Å². The van der Waals surface area contributed by atoms with Gasteiger partial charge in [0.05, 0.1) is 7.11 Å². The third-order valence-corrected chi connectivity index (χ3v) is 5.72. The van der Waals surface area contributed by atoms with Gasteiger partial charge in [-0.3, -0.25) is 9.69 Å². The van der Waals surface area contributed by atoms with Crippen molar-refractivity contribution < 1.29 is 14.6 Å². The smallest absolute Gasteiger partial charge is 0.162 e. The van der Waals surface area contributed by atoms with E-state index < -0.39 is 0 Å². The van der Waals surface area contributed by atoms with Crippen LogP contribution in [0.5, 0.6) is 11.5 Å². The van der Waals surface area contributed by atoms with Gasteiger partial charge in [-0.15, -0.1) is 0 Å². The molecule has 4 rings (SSSR count). The Bertz CT molecular complexity index is 694. The minimum Gasteiger partial charge on any atom is -0.504 e. The summed E-state index contributed by atoms with van der Waals surface area (Å²) in [5.74, 6) is 0.994. The van der Waals surface area contributed by atoms with Crippen molar-refractivity contribution in [3.8, 4) is 11.5 Å². The van der Waals surface area contributed by atoms with E-state index >= 15 is 0 Å². The molecule has 116 valence electrons. The molecule has 1 heterocycles. The first-order valence-electron chi connectivity index (χ1n) is 7.88. The number of Topliss-reactive ketones (excluding diaryl/α,β-unsaturated/α-hetero) is 1. The third kappa shape index (κ3) is 1.64. The van der Waals surface area contributed by atoms with Gasteiger partial charge in [-0.1, -0.05) is 12.1 Å². The minimum absolute atomic E-state index is 0.226. The second-order valence-electron chi connectivity index (χ2n) is 6.76. The summed E-state index contributed by atoms with van der Waals surface area (Å²) in [6, 6.07) is 4.24. The maximum Gasteiger partial charge on any atom is 0.162 e. The molecule has 1 aromatic rings. The Morgan fingerprint density at radius 2 is 2.23 bits per heavy atom. The lowest BCUT2D eigenvalue weighted by Gasteiger charge is -2.53. The molecule has 1 saturated heterocycles. The van der Waals surface area contributed by atoms with Crippen molar-refractivity contribution in [2.24, 2.45) is 0 Å². The van der Waals surface area contributed by atoms with E-state index in [1.54, 1.807) is 7.11 Å². The van der Waals surface area contributed by atoms with Crippen LogP contribution in [0.4, 0.5) is 0 Å². The Balaban J connectivity index is 2.00. The number of allylic oxidation sites excluding steroid dienone is 1. The summed E-state index contributed by atoms with van der Waals surface area (Å²) in [6.45, 7) is 0.950. The standard InChI is InChI=1S/C18H21NO3/c1-19-8-7-18-10-12(20)4-5-13(18)14(19)9-11-3-6-15(22-2)17(21)16(11)18/h3,5-6,14,21H,4,7-10H2,1-2H3/t14?,18-/m0/s1. The van der Waals surface area contributed by atoms with E-state index in [2.05, 4.69) is 24.1 Å². The number of phenolic OH excluding ortho intramolecular Hbond substituents is 1. The summed E-state index contributed by atoms with van der Waals surface area (Å²) in [5, 5.41) is 10.8. The van der Waals surface area contributed by atoms with Gasteiger partial charge >= 0.3 is 0 Å². The Labute approximate surface area is 130 Å². The fraction of sp³-hybridized carbons (Fsp3) is 0.500. The minimum atomic E-state index is -0.321. The predicted molar refractivity (Wildman–Crippen MR) is 83.4 cm³/mol. The number of aromatic hydroxyl groups is 1. The van der Waals surface area contributed by atoms with Gasteiger partial charge < -0.3 is 9.84 Å². The number of hydrogen-bond donors (Lipinski definition) is 1. The topological polar surface area (TPSA) is 49.8 Å². The van der Waals surface area contributed by atoms with E-state index in [4.69, 9.17) is 4.74 Å². The first kappa shape index (κ1) is 13.8. The van der Waals surface area contributed by atoms with Gasteiger partial charge in [-0.25, -0.2) is 0 Å². The second-order valence-corrected chi connectivity index (χ2v) is 6.76. The molecule has 1 unspecified atom stereocenters. The summed E-state index contributed by atoms with van der Waals surface area (Å²) in [5.41, 5.74) is 3.10. The zero-order valence-corrected chi connectivity index (χ0v) is 13.1. The summed E-state index contributed by atoms with van der Waals surface area (Å²) >= 11 is 0. The number of carbonyl (C=O) groups excluding carboxylic acids is 1. The van der Waals surface area contributed by atoms with Gasteiger partial charge in [0.25, 0.3) is 0 Å². The fourth-order valence-corrected chi connectivity index (χ4v) is 4.69. The van der Waals surface area contributed by atoms with Crippen LogP contribution in [-0.2, 0) is 16.6 Å². The number of ether oxygens (including phenoxy) is 1. The van der Waals surface area contributed by atoms with E-state index in [1.807, 2.05) is 6.07 Å². The van der Waals surface area contributed by atoms with Crippen molar-refractivity contribution in [2.75, 3.05) is 20.7 Å². The van der Waals surface area contributed by atoms with Crippen LogP contribution in [0.15, 0.2) is 23.8 Å². The van der Waals surface area contributed by atoms with Gasteiger partial charge in [0.1, 0.15) is 5.78 Å². The van der Waals surface area contributed by atoms with E-state index in [0.29, 0.717) is 24.6 Å². The molecule has 0 amide bonds. The van der Waals surface area contributed by atoms with E-state index in [9.17, 15) is 9.90 Å². The number of rotatable bonds is 1. The highest BCUT2D eigenvalue weighted by atomic mass is 16.5. The lowest BCUT2D eigenvalue weighted by molar-refractivity contribution is -0.120. The van der Waals surface area contributed by atoms with E-state index in [-0.39, 0.29) is 16.9 Å². The Kier molecular flexibility index (Phi) is 2.89. The summed E-state index contributed by atoms with van der Waals surface area (Å²) in [7, 11) is 3.72. The van der Waals surface area contributed by atoms with Crippen LogP contribution in [-0.4, -0.2) is 42.5 Å². The Morgan fingerprint density at radius 1 is 1.41 bits per heavy atom. The molecule has 1 aliphatic heterocycles. The molecule has 1 N–H and O–H groups in total. The number of methoxy groups -OCH3 is 1. The van der Waals surface area contributed by atoms with Gasteiger partial charge in [0, 0.05) is 29.9 Å². The van der Waals surface area contributed by atoms with E-state index in [1.165, 1.54) is 5.57 Å². The van der Waals surface area contributed by atoms with Gasteiger partial charge in [-0.2, -0.15) is 0 Å². The van der Waals surface area contributed by atoms with Crippen molar-refractivity contribution in [1.29, 1.82) is 0 Å². The highest BCUT2D eigenvalue weighted by Gasteiger charge is 2.52. The first-order chi connectivity index (χ1) is 10.6. The Hall–Kier alpha value is -1.81. The van der Waals surface area contributed by atoms with E-state index in [0.717, 1.165) is 30.5 Å². The number of likely N-dealkylation sites (tertiary alicyclic amines) is 1. The number of benzene rings is 1. The molecule has 3 aliphatic rings. The van der Waals surface area contributed by atoms with Gasteiger partial charge in [0.15, 0.2) is 11.5 Å². The average molecular weight is 299 g/mol. The number of nitrogens with zero attached hydrogens (tertiary/aromatic N) is 1. The SMILES string of the molecule is COc1ccc2c(c1O)[C@]13CCN(C)C(C2)C1=CCC(=O)C3. The van der Waals surface area contributed by atoms with Crippen LogP contribution in [0.1, 0.15) is 30.4 Å². The number of piperidine rings is 1. The largest absolute Gasteiger partial charge is 0.504 e. The number of carbonyl (C=O) groups is 1. The molecule has 2 bridgehead atoms. The maximum atomic E-state index is 12.2. The van der Waals surface area contributed by atoms with Crippen molar-refractivity contribution in [1.82, 2.24) is 4.90 Å². The van der Waals surface area contributed by atoms with Gasteiger partial charge in [-0.05, 0) is 43.6 Å². The van der Waals surface area contributed by atoms with Gasteiger partial charge in [0.2, 0.25) is 0 Å². The Morgan fingerprint density at radius 3 is 3.00 bits per heavy atom. The molecule has 4 heteroatoms. The summed E-state index contributed by atoms with van der Waals surface area (Å²) in [6.07, 6.45) is 4.93. The van der Waals surface area contributed by atoms with Crippen molar-refractivity contribution in [2.45, 2.75) is 37.1 Å². The molecule has 2 atom stereocenters. The lowest BCUT2D eigenvalue weighted by atomic mass is 9.56. The quantitative estimate of drug-likeness (QED) is 0.808. The van der Waals surface area contributed by atoms with Crippen molar-refractivity contribution in [3.05, 3.63) is 34.9 Å². The number of likely N-dealkylation sites (N-methyl/N-ethyl adjacent to an activating group) is 1. The highest BCUT2D eigenvalue weighted by molar-refractivity contribution is 5.85. The molecule has 0 aromatic heterocycles. The monoisotopic (exact) mass is 299 g/mol. The van der Waals surface area contributed by atoms with Crippen LogP contribution < -0.4 is 4.74 Å².